The van der Waals surface area contributed by atoms with E-state index in [0.29, 0.717) is 12.3 Å². The van der Waals surface area contributed by atoms with Crippen LogP contribution in [0.15, 0.2) is 30.3 Å². The summed E-state index contributed by atoms with van der Waals surface area (Å²) < 4.78 is 4.61. The zero-order valence-electron chi connectivity index (χ0n) is 10.1. The van der Waals surface area contributed by atoms with Crippen LogP contribution in [0.5, 0.6) is 0 Å². The van der Waals surface area contributed by atoms with E-state index in [9.17, 15) is 4.79 Å². The number of methoxy groups -OCH3 is 1. The maximum absolute atomic E-state index is 10.9. The summed E-state index contributed by atoms with van der Waals surface area (Å²) in [6, 6.07) is 10.5. The summed E-state index contributed by atoms with van der Waals surface area (Å²) in [6.45, 7) is 2.23. The fraction of sp³-hybridized carbons (Fsp3) is 0.500. The molecule has 1 rings (SSSR count). The van der Waals surface area contributed by atoms with Gasteiger partial charge in [0.2, 0.25) is 0 Å². The highest BCUT2D eigenvalue weighted by Gasteiger charge is 2.05. The Balaban J connectivity index is 2.21. The fourth-order valence-corrected chi connectivity index (χ4v) is 1.82. The highest BCUT2D eigenvalue weighted by molar-refractivity contribution is 5.68. The van der Waals surface area contributed by atoms with Crippen LogP contribution in [-0.2, 0) is 16.0 Å². The largest absolute Gasteiger partial charge is 0.469 e. The molecule has 16 heavy (non-hydrogen) atoms. The predicted octanol–water partition coefficient (Wildman–Crippen LogP) is 3.21. The Morgan fingerprint density at radius 1 is 1.31 bits per heavy atom. The number of ether oxygens (including phenoxy) is 1. The van der Waals surface area contributed by atoms with Crippen LogP contribution in [0, 0.1) is 5.92 Å². The lowest BCUT2D eigenvalue weighted by atomic mass is 9.96. The summed E-state index contributed by atoms with van der Waals surface area (Å²) in [5.74, 6) is 0.513. The van der Waals surface area contributed by atoms with Gasteiger partial charge in [0.15, 0.2) is 0 Å². The van der Waals surface area contributed by atoms with Gasteiger partial charge >= 0.3 is 5.97 Å². The summed E-state index contributed by atoms with van der Waals surface area (Å²) in [5, 5.41) is 0. The van der Waals surface area contributed by atoms with Crippen molar-refractivity contribution in [1.82, 2.24) is 0 Å². The highest BCUT2D eigenvalue weighted by Crippen LogP contribution is 2.14. The molecule has 0 N–H and O–H groups in total. The lowest BCUT2D eigenvalue weighted by Crippen LogP contribution is -2.03. The number of esters is 1. The van der Waals surface area contributed by atoms with Gasteiger partial charge in [-0.05, 0) is 30.7 Å². The molecule has 0 aliphatic heterocycles. The van der Waals surface area contributed by atoms with Crippen molar-refractivity contribution in [3.63, 3.8) is 0 Å². The van der Waals surface area contributed by atoms with Gasteiger partial charge in [-0.25, -0.2) is 0 Å². The van der Waals surface area contributed by atoms with E-state index in [1.54, 1.807) is 0 Å². The second kappa shape index (κ2) is 7.04. The van der Waals surface area contributed by atoms with Crippen LogP contribution >= 0.6 is 0 Å². The molecule has 0 heterocycles. The number of carbonyl (C=O) groups excluding carboxylic acids is 1. The number of carbonyl (C=O) groups is 1. The van der Waals surface area contributed by atoms with Crippen LogP contribution in [0.1, 0.15) is 31.7 Å². The average Bonchev–Trinajstić information content (AvgIpc) is 2.30. The molecule has 2 nitrogen and oxygen atoms in total. The molecule has 1 aromatic rings. The molecule has 0 spiro atoms. The Hall–Kier alpha value is -1.31. The van der Waals surface area contributed by atoms with Gasteiger partial charge in [-0.15, -0.1) is 0 Å². The third-order valence-corrected chi connectivity index (χ3v) is 2.73. The van der Waals surface area contributed by atoms with Crippen molar-refractivity contribution in [3.8, 4) is 0 Å². The maximum atomic E-state index is 10.9. The van der Waals surface area contributed by atoms with Crippen molar-refractivity contribution in [2.24, 2.45) is 5.92 Å². The molecule has 0 radical (unpaired) electrons. The summed E-state index contributed by atoms with van der Waals surface area (Å²) in [5.41, 5.74) is 1.37. The molecule has 0 amide bonds. The minimum atomic E-state index is -0.105. The molecule has 0 saturated heterocycles. The summed E-state index contributed by atoms with van der Waals surface area (Å²) >= 11 is 0. The molecule has 0 fully saturated rings. The minimum Gasteiger partial charge on any atom is -0.469 e. The van der Waals surface area contributed by atoms with Crippen molar-refractivity contribution < 1.29 is 9.53 Å². The quantitative estimate of drug-likeness (QED) is 0.688. The van der Waals surface area contributed by atoms with Crippen LogP contribution in [0.3, 0.4) is 0 Å². The first-order valence-electron chi connectivity index (χ1n) is 5.83. The van der Waals surface area contributed by atoms with Gasteiger partial charge in [-0.1, -0.05) is 37.3 Å². The normalized spacial score (nSPS) is 12.1. The van der Waals surface area contributed by atoms with E-state index in [0.717, 1.165) is 19.3 Å². The Labute approximate surface area is 97.6 Å². The summed E-state index contributed by atoms with van der Waals surface area (Å²) in [6.07, 6.45) is 3.61. The number of rotatable bonds is 6. The highest BCUT2D eigenvalue weighted by atomic mass is 16.5. The van der Waals surface area contributed by atoms with Crippen LogP contribution in [0.25, 0.3) is 0 Å². The van der Waals surface area contributed by atoms with Crippen LogP contribution in [0.2, 0.25) is 0 Å². The third-order valence-electron chi connectivity index (χ3n) is 2.73. The Morgan fingerprint density at radius 3 is 2.62 bits per heavy atom. The van der Waals surface area contributed by atoms with Crippen molar-refractivity contribution >= 4 is 5.97 Å². The zero-order valence-corrected chi connectivity index (χ0v) is 10.1. The monoisotopic (exact) mass is 220 g/mol. The molecular formula is C14H20O2. The number of hydrogen-bond acceptors (Lipinski definition) is 2. The van der Waals surface area contributed by atoms with Gasteiger partial charge in [-0.3, -0.25) is 4.79 Å². The third kappa shape index (κ3) is 4.96. The van der Waals surface area contributed by atoms with E-state index in [4.69, 9.17) is 0 Å². The molecule has 0 aliphatic rings. The molecule has 0 aliphatic carbocycles. The zero-order chi connectivity index (χ0) is 11.8. The SMILES string of the molecule is COC(=O)CCC[C@@H](C)Cc1ccccc1. The van der Waals surface area contributed by atoms with Crippen LogP contribution in [0.4, 0.5) is 0 Å². The van der Waals surface area contributed by atoms with E-state index >= 15 is 0 Å². The smallest absolute Gasteiger partial charge is 0.305 e. The van der Waals surface area contributed by atoms with E-state index in [1.165, 1.54) is 12.7 Å². The van der Waals surface area contributed by atoms with Crippen LogP contribution in [-0.4, -0.2) is 13.1 Å². The van der Waals surface area contributed by atoms with Crippen LogP contribution < -0.4 is 0 Å². The second-order valence-electron chi connectivity index (χ2n) is 4.26. The fourth-order valence-electron chi connectivity index (χ4n) is 1.82. The minimum absolute atomic E-state index is 0.105. The first kappa shape index (κ1) is 12.8. The molecule has 0 unspecified atom stereocenters. The Morgan fingerprint density at radius 2 is 2.00 bits per heavy atom. The summed E-state index contributed by atoms with van der Waals surface area (Å²) in [4.78, 5) is 10.9. The standard InChI is InChI=1S/C14H20O2/c1-12(7-6-10-14(15)16-2)11-13-8-4-3-5-9-13/h3-5,8-9,12H,6-7,10-11H2,1-2H3/t12-/m1/s1. The van der Waals surface area contributed by atoms with E-state index in [-0.39, 0.29) is 5.97 Å². The molecule has 1 atom stereocenters. The van der Waals surface area contributed by atoms with Gasteiger partial charge < -0.3 is 4.74 Å². The van der Waals surface area contributed by atoms with Crippen molar-refractivity contribution in [2.75, 3.05) is 7.11 Å². The second-order valence-corrected chi connectivity index (χ2v) is 4.26. The van der Waals surface area contributed by atoms with Crippen molar-refractivity contribution in [2.45, 2.75) is 32.6 Å². The number of benzene rings is 1. The first-order chi connectivity index (χ1) is 7.72. The van der Waals surface area contributed by atoms with Gasteiger partial charge in [-0.2, -0.15) is 0 Å². The molecule has 0 aromatic heterocycles. The van der Waals surface area contributed by atoms with Gasteiger partial charge in [0.25, 0.3) is 0 Å². The lowest BCUT2D eigenvalue weighted by Gasteiger charge is -2.10. The molecule has 0 saturated carbocycles. The van der Waals surface area contributed by atoms with Gasteiger partial charge in [0.05, 0.1) is 7.11 Å². The Bertz CT molecular complexity index is 306. The topological polar surface area (TPSA) is 26.3 Å². The van der Waals surface area contributed by atoms with Crippen molar-refractivity contribution in [3.05, 3.63) is 35.9 Å². The number of hydrogen-bond donors (Lipinski definition) is 0. The van der Waals surface area contributed by atoms with E-state index < -0.39 is 0 Å². The Kier molecular flexibility index (Phi) is 5.62. The predicted molar refractivity (Wildman–Crippen MR) is 65.2 cm³/mol. The van der Waals surface area contributed by atoms with Crippen molar-refractivity contribution in [1.29, 1.82) is 0 Å². The lowest BCUT2D eigenvalue weighted by molar-refractivity contribution is -0.140. The first-order valence-corrected chi connectivity index (χ1v) is 5.83. The molecule has 88 valence electrons. The van der Waals surface area contributed by atoms with Gasteiger partial charge in [0, 0.05) is 6.42 Å². The van der Waals surface area contributed by atoms with Gasteiger partial charge in [0.1, 0.15) is 0 Å². The molecular weight excluding hydrogens is 200 g/mol. The average molecular weight is 220 g/mol. The molecule has 2 heteroatoms. The maximum Gasteiger partial charge on any atom is 0.305 e. The summed E-state index contributed by atoms with van der Waals surface area (Å²) in [7, 11) is 1.44. The molecule has 0 bridgehead atoms. The van der Waals surface area contributed by atoms with E-state index in [1.807, 2.05) is 6.07 Å². The molecule has 1 aromatic carbocycles. The van der Waals surface area contributed by atoms with E-state index in [2.05, 4.69) is 35.9 Å².